The normalized spacial score (nSPS) is 14.9. The molecule has 9 nitrogen and oxygen atoms in total. The minimum atomic E-state index is -0.341. The van der Waals surface area contributed by atoms with Gasteiger partial charge in [-0.3, -0.25) is 9.69 Å². The number of methoxy groups -OCH3 is 2. The first-order valence-corrected chi connectivity index (χ1v) is 12.7. The number of rotatable bonds is 8. The quantitative estimate of drug-likeness (QED) is 0.336. The fourth-order valence-electron chi connectivity index (χ4n) is 4.43. The third kappa shape index (κ3) is 6.17. The lowest BCUT2D eigenvalue weighted by Crippen LogP contribution is -2.51. The summed E-state index contributed by atoms with van der Waals surface area (Å²) in [4.78, 5) is 23.7. The average Bonchev–Trinajstić information content (AvgIpc) is 2.98. The molecule has 39 heavy (non-hydrogen) atoms. The van der Waals surface area contributed by atoms with Gasteiger partial charge in [0.05, 0.1) is 32.2 Å². The highest BCUT2D eigenvalue weighted by Gasteiger charge is 2.25. The highest BCUT2D eigenvalue weighted by Crippen LogP contribution is 2.29. The number of benzene rings is 3. The molecule has 9 heteroatoms. The Morgan fingerprint density at radius 2 is 1.46 bits per heavy atom. The van der Waals surface area contributed by atoms with Gasteiger partial charge in [0, 0.05) is 42.5 Å². The highest BCUT2D eigenvalue weighted by atomic mass is 16.5. The first-order valence-electron chi connectivity index (χ1n) is 12.7. The second-order valence-corrected chi connectivity index (χ2v) is 9.01. The minimum absolute atomic E-state index is 0.0796. The molecule has 0 radical (unpaired) electrons. The molecule has 1 unspecified atom stereocenters. The topological polar surface area (TPSA) is 97.8 Å². The van der Waals surface area contributed by atoms with Gasteiger partial charge in [-0.2, -0.15) is 0 Å². The highest BCUT2D eigenvalue weighted by molar-refractivity contribution is 5.92. The zero-order valence-electron chi connectivity index (χ0n) is 22.2. The van der Waals surface area contributed by atoms with Gasteiger partial charge in [-0.05, 0) is 78.9 Å². The summed E-state index contributed by atoms with van der Waals surface area (Å²) in [6.07, 6.45) is -0.341. The zero-order valence-corrected chi connectivity index (χ0v) is 22.2. The molecule has 0 aliphatic carbocycles. The van der Waals surface area contributed by atoms with Gasteiger partial charge in [-0.25, -0.2) is 9.97 Å². The van der Waals surface area contributed by atoms with Crippen LogP contribution in [0.5, 0.6) is 11.5 Å². The summed E-state index contributed by atoms with van der Waals surface area (Å²) >= 11 is 0. The van der Waals surface area contributed by atoms with E-state index in [4.69, 9.17) is 24.2 Å². The van der Waals surface area contributed by atoms with Gasteiger partial charge in [-0.1, -0.05) is 0 Å². The number of nitrogens with zero attached hydrogens (tertiary/aromatic N) is 3. The number of aromatic nitrogens is 2. The van der Waals surface area contributed by atoms with Crippen LogP contribution in [-0.4, -0.2) is 56.0 Å². The van der Waals surface area contributed by atoms with E-state index in [1.54, 1.807) is 26.0 Å². The SMILES string of the molecule is COc1ccc(-c2cc(-c3ccc(OC)cc3)nc(Nc3ccc(N(C(C)=O)C4CNCCO4)cc3)n2)cc1. The monoisotopic (exact) mass is 525 g/mol. The van der Waals surface area contributed by atoms with Gasteiger partial charge in [0.1, 0.15) is 17.7 Å². The van der Waals surface area contributed by atoms with Gasteiger partial charge < -0.3 is 24.8 Å². The van der Waals surface area contributed by atoms with Crippen molar-refractivity contribution in [2.24, 2.45) is 0 Å². The second-order valence-electron chi connectivity index (χ2n) is 9.01. The molecule has 1 saturated heterocycles. The van der Waals surface area contributed by atoms with Crippen molar-refractivity contribution in [3.63, 3.8) is 0 Å². The predicted molar refractivity (Wildman–Crippen MR) is 152 cm³/mol. The van der Waals surface area contributed by atoms with E-state index < -0.39 is 0 Å². The third-order valence-electron chi connectivity index (χ3n) is 6.43. The number of amides is 1. The molecule has 0 bridgehead atoms. The van der Waals surface area contributed by atoms with Crippen molar-refractivity contribution in [3.8, 4) is 34.0 Å². The van der Waals surface area contributed by atoms with Crippen LogP contribution in [-0.2, 0) is 9.53 Å². The summed E-state index contributed by atoms with van der Waals surface area (Å²) in [5.41, 5.74) is 4.95. The maximum Gasteiger partial charge on any atom is 0.228 e. The molecule has 1 aliphatic rings. The fourth-order valence-corrected chi connectivity index (χ4v) is 4.43. The maximum atomic E-state index is 12.4. The summed E-state index contributed by atoms with van der Waals surface area (Å²) < 4.78 is 16.4. The number of hydrogen-bond donors (Lipinski definition) is 2. The number of carbonyl (C=O) groups is 1. The second kappa shape index (κ2) is 11.9. The molecule has 5 rings (SSSR count). The summed E-state index contributed by atoms with van der Waals surface area (Å²) in [5, 5.41) is 6.60. The molecular weight excluding hydrogens is 494 g/mol. The molecule has 1 aliphatic heterocycles. The molecular formula is C30H31N5O4. The molecule has 0 saturated carbocycles. The molecule has 1 atom stereocenters. The van der Waals surface area contributed by atoms with Crippen molar-refractivity contribution in [1.82, 2.24) is 15.3 Å². The molecule has 2 heterocycles. The van der Waals surface area contributed by atoms with Gasteiger partial charge in [-0.15, -0.1) is 0 Å². The summed E-state index contributed by atoms with van der Waals surface area (Å²) in [5.74, 6) is 1.92. The third-order valence-corrected chi connectivity index (χ3v) is 6.43. The van der Waals surface area contributed by atoms with E-state index in [0.717, 1.165) is 51.9 Å². The molecule has 1 amide bonds. The molecule has 1 fully saturated rings. The Kier molecular flexibility index (Phi) is 8.00. The lowest BCUT2D eigenvalue weighted by molar-refractivity contribution is -0.119. The summed E-state index contributed by atoms with van der Waals surface area (Å²) in [6.45, 7) is 3.47. The Morgan fingerprint density at radius 1 is 0.897 bits per heavy atom. The van der Waals surface area contributed by atoms with Crippen molar-refractivity contribution in [3.05, 3.63) is 78.9 Å². The van der Waals surface area contributed by atoms with Crippen LogP contribution in [0.15, 0.2) is 78.9 Å². The molecule has 0 spiro atoms. The van der Waals surface area contributed by atoms with Crippen molar-refractivity contribution in [2.75, 3.05) is 44.1 Å². The number of nitrogens with one attached hydrogen (secondary N) is 2. The number of hydrogen-bond acceptors (Lipinski definition) is 8. The smallest absolute Gasteiger partial charge is 0.228 e. The number of anilines is 3. The number of ether oxygens (including phenoxy) is 3. The minimum Gasteiger partial charge on any atom is -0.497 e. The predicted octanol–water partition coefficient (Wildman–Crippen LogP) is 4.87. The first-order chi connectivity index (χ1) is 19.0. The number of carbonyl (C=O) groups excluding carboxylic acids is 1. The fraction of sp³-hybridized carbons (Fsp3) is 0.233. The van der Waals surface area contributed by atoms with Gasteiger partial charge >= 0.3 is 0 Å². The summed E-state index contributed by atoms with van der Waals surface area (Å²) in [6, 6.07) is 25.0. The Hall–Kier alpha value is -4.47. The van der Waals surface area contributed by atoms with Crippen molar-refractivity contribution in [1.29, 1.82) is 0 Å². The van der Waals surface area contributed by atoms with Gasteiger partial charge in [0.15, 0.2) is 0 Å². The Morgan fingerprint density at radius 3 is 1.92 bits per heavy atom. The molecule has 200 valence electrons. The Labute approximate surface area is 227 Å². The lowest BCUT2D eigenvalue weighted by Gasteiger charge is -2.34. The lowest BCUT2D eigenvalue weighted by atomic mass is 10.1. The van der Waals surface area contributed by atoms with E-state index >= 15 is 0 Å². The largest absolute Gasteiger partial charge is 0.497 e. The van der Waals surface area contributed by atoms with E-state index in [9.17, 15) is 4.79 Å². The average molecular weight is 526 g/mol. The molecule has 2 N–H and O–H groups in total. The van der Waals surface area contributed by atoms with Crippen LogP contribution in [0, 0.1) is 0 Å². The number of morpholine rings is 1. The van der Waals surface area contributed by atoms with Crippen LogP contribution < -0.4 is 25.0 Å². The summed E-state index contributed by atoms with van der Waals surface area (Å²) in [7, 11) is 3.28. The maximum absolute atomic E-state index is 12.4. The van der Waals surface area contributed by atoms with Crippen molar-refractivity contribution >= 4 is 23.2 Å². The van der Waals surface area contributed by atoms with Crippen LogP contribution in [0.4, 0.5) is 17.3 Å². The Bertz CT molecular complexity index is 1340. The van der Waals surface area contributed by atoms with Gasteiger partial charge in [0.25, 0.3) is 0 Å². The van der Waals surface area contributed by atoms with Crippen LogP contribution in [0.2, 0.25) is 0 Å². The van der Waals surface area contributed by atoms with E-state index in [2.05, 4.69) is 10.6 Å². The molecule has 3 aromatic carbocycles. The van der Waals surface area contributed by atoms with E-state index in [1.807, 2.05) is 78.9 Å². The van der Waals surface area contributed by atoms with Crippen LogP contribution >= 0.6 is 0 Å². The van der Waals surface area contributed by atoms with Crippen LogP contribution in [0.1, 0.15) is 6.92 Å². The zero-order chi connectivity index (χ0) is 27.2. The van der Waals surface area contributed by atoms with E-state index in [-0.39, 0.29) is 12.1 Å². The standard InChI is InChI=1S/C30H31N5O4/c1-20(36)35(29-19-31-16-17-39-29)24-10-8-23(9-11-24)32-30-33-27(21-4-12-25(37-2)13-5-21)18-28(34-30)22-6-14-26(38-3)15-7-22/h4-15,18,29,31H,16-17,19H2,1-3H3,(H,32,33,34). The Balaban J connectivity index is 1.45. The van der Waals surface area contributed by atoms with E-state index in [0.29, 0.717) is 19.1 Å². The molecule has 4 aromatic rings. The van der Waals surface area contributed by atoms with Crippen LogP contribution in [0.25, 0.3) is 22.5 Å². The first kappa shape index (κ1) is 26.1. The van der Waals surface area contributed by atoms with E-state index in [1.165, 1.54) is 0 Å². The molecule has 1 aromatic heterocycles. The van der Waals surface area contributed by atoms with Crippen molar-refractivity contribution in [2.45, 2.75) is 13.2 Å². The van der Waals surface area contributed by atoms with Crippen molar-refractivity contribution < 1.29 is 19.0 Å². The van der Waals surface area contributed by atoms with Gasteiger partial charge in [0.2, 0.25) is 11.9 Å². The van der Waals surface area contributed by atoms with Crippen LogP contribution in [0.3, 0.4) is 0 Å².